The molecule has 0 spiro atoms. The van der Waals surface area contributed by atoms with Crippen LogP contribution in [0.25, 0.3) is 0 Å². The van der Waals surface area contributed by atoms with E-state index in [1.54, 1.807) is 17.9 Å². The fourth-order valence-electron chi connectivity index (χ4n) is 2.82. The quantitative estimate of drug-likeness (QED) is 0.688. The molecule has 1 aliphatic rings. The maximum absolute atomic E-state index is 12.5. The van der Waals surface area contributed by atoms with Crippen LogP contribution < -0.4 is 4.72 Å². The molecular formula is C15H21N5O4S. The van der Waals surface area contributed by atoms with E-state index in [0.29, 0.717) is 13.1 Å². The molecule has 0 unspecified atom stereocenters. The molecule has 10 heteroatoms. The topological polar surface area (TPSA) is 120 Å². The summed E-state index contributed by atoms with van der Waals surface area (Å²) in [7, 11) is -3.86. The van der Waals surface area contributed by atoms with Gasteiger partial charge in [0.05, 0.1) is 13.2 Å². The minimum absolute atomic E-state index is 0.0237. The number of likely N-dealkylation sites (tertiary alicyclic amines) is 1. The van der Waals surface area contributed by atoms with Gasteiger partial charge in [0.25, 0.3) is 15.9 Å². The first-order valence-corrected chi connectivity index (χ1v) is 9.55. The minimum Gasteiger partial charge on any atom is -0.394 e. The van der Waals surface area contributed by atoms with Gasteiger partial charge in [0.2, 0.25) is 0 Å². The smallest absolute Gasteiger partial charge is 0.270 e. The zero-order valence-corrected chi connectivity index (χ0v) is 14.7. The van der Waals surface area contributed by atoms with Crippen molar-refractivity contribution in [3.8, 4) is 0 Å². The average Bonchev–Trinajstić information content (AvgIpc) is 3.28. The van der Waals surface area contributed by atoms with Crippen LogP contribution in [0.2, 0.25) is 0 Å². The van der Waals surface area contributed by atoms with E-state index in [9.17, 15) is 13.2 Å². The summed E-state index contributed by atoms with van der Waals surface area (Å²) in [5, 5.41) is 13.1. The van der Waals surface area contributed by atoms with Crippen LogP contribution in [0.5, 0.6) is 0 Å². The number of nitrogens with zero attached hydrogens (tertiary/aromatic N) is 3. The first-order chi connectivity index (χ1) is 11.9. The van der Waals surface area contributed by atoms with Gasteiger partial charge >= 0.3 is 0 Å². The van der Waals surface area contributed by atoms with Gasteiger partial charge in [-0.1, -0.05) is 0 Å². The molecule has 1 saturated heterocycles. The summed E-state index contributed by atoms with van der Waals surface area (Å²) in [5.41, 5.74) is 0.981. The summed E-state index contributed by atoms with van der Waals surface area (Å²) in [6.07, 6.45) is 3.23. The molecule has 3 N–H and O–H groups in total. The Morgan fingerprint density at radius 1 is 1.36 bits per heavy atom. The Balaban J connectivity index is 1.76. The van der Waals surface area contributed by atoms with E-state index < -0.39 is 10.0 Å². The normalized spacial score (nSPS) is 14.9. The number of amides is 1. The number of carbonyl (C=O) groups is 1. The maximum atomic E-state index is 12.5. The number of aliphatic hydroxyl groups excluding tert-OH is 1. The van der Waals surface area contributed by atoms with Crippen LogP contribution in [-0.4, -0.2) is 58.8 Å². The zero-order chi connectivity index (χ0) is 18.0. The standard InChI is InChI=1S/C15H21N5O4S/c1-11-8-14(17-20(11)6-7-21)18-25(23,24)12-9-13(16-10-12)15(22)19-4-2-3-5-19/h8-10,16,21H,2-7H2,1H3,(H,17,18). The number of H-pyrrole nitrogens is 1. The van der Waals surface area contributed by atoms with Crippen LogP contribution in [0, 0.1) is 6.92 Å². The number of aliphatic hydroxyl groups is 1. The number of aryl methyl sites for hydroxylation is 1. The lowest BCUT2D eigenvalue weighted by molar-refractivity contribution is 0.0787. The molecule has 1 aliphatic heterocycles. The molecule has 0 atom stereocenters. The Labute approximate surface area is 145 Å². The van der Waals surface area contributed by atoms with Gasteiger partial charge in [0, 0.05) is 31.0 Å². The van der Waals surface area contributed by atoms with Crippen LogP contribution in [0.3, 0.4) is 0 Å². The Morgan fingerprint density at radius 2 is 2.08 bits per heavy atom. The van der Waals surface area contributed by atoms with Gasteiger partial charge in [-0.05, 0) is 25.8 Å². The van der Waals surface area contributed by atoms with Crippen molar-refractivity contribution >= 4 is 21.7 Å². The number of rotatable bonds is 6. The highest BCUT2D eigenvalue weighted by molar-refractivity contribution is 7.92. The first-order valence-electron chi connectivity index (χ1n) is 8.06. The molecule has 25 heavy (non-hydrogen) atoms. The number of hydrogen-bond acceptors (Lipinski definition) is 5. The van der Waals surface area contributed by atoms with E-state index in [-0.39, 0.29) is 35.5 Å². The molecule has 0 aromatic carbocycles. The van der Waals surface area contributed by atoms with Gasteiger partial charge in [-0.3, -0.25) is 14.2 Å². The lowest BCUT2D eigenvalue weighted by Gasteiger charge is -2.13. The zero-order valence-electron chi connectivity index (χ0n) is 13.9. The molecule has 2 aromatic heterocycles. The second-order valence-corrected chi connectivity index (χ2v) is 7.65. The van der Waals surface area contributed by atoms with E-state index in [4.69, 9.17) is 5.11 Å². The highest BCUT2D eigenvalue weighted by Gasteiger charge is 2.24. The van der Waals surface area contributed by atoms with E-state index in [1.165, 1.54) is 16.9 Å². The molecule has 9 nitrogen and oxygen atoms in total. The van der Waals surface area contributed by atoms with E-state index in [1.807, 2.05) is 0 Å². The predicted octanol–water partition coefficient (Wildman–Crippen LogP) is 0.549. The molecule has 3 heterocycles. The van der Waals surface area contributed by atoms with Crippen LogP contribution in [0.1, 0.15) is 29.0 Å². The molecule has 0 radical (unpaired) electrons. The number of anilines is 1. The van der Waals surface area contributed by atoms with Crippen molar-refractivity contribution in [3.63, 3.8) is 0 Å². The first kappa shape index (κ1) is 17.5. The largest absolute Gasteiger partial charge is 0.394 e. The van der Waals surface area contributed by atoms with Crippen molar-refractivity contribution in [1.82, 2.24) is 19.7 Å². The van der Waals surface area contributed by atoms with E-state index in [2.05, 4.69) is 14.8 Å². The molecule has 0 bridgehead atoms. The van der Waals surface area contributed by atoms with Gasteiger partial charge < -0.3 is 15.0 Å². The summed E-state index contributed by atoms with van der Waals surface area (Å²) >= 11 is 0. The van der Waals surface area contributed by atoms with Gasteiger partial charge in [-0.2, -0.15) is 5.10 Å². The number of carbonyl (C=O) groups excluding carboxylic acids is 1. The molecule has 3 rings (SSSR count). The number of hydrogen-bond donors (Lipinski definition) is 3. The van der Waals surface area contributed by atoms with E-state index >= 15 is 0 Å². The van der Waals surface area contributed by atoms with Gasteiger partial charge in [-0.15, -0.1) is 0 Å². The highest BCUT2D eigenvalue weighted by atomic mass is 32.2. The number of nitrogens with one attached hydrogen (secondary N) is 2. The van der Waals surface area contributed by atoms with Crippen LogP contribution >= 0.6 is 0 Å². The third-order valence-corrected chi connectivity index (χ3v) is 5.46. The van der Waals surface area contributed by atoms with Crippen molar-refractivity contribution in [2.45, 2.75) is 31.2 Å². The molecule has 136 valence electrons. The van der Waals surface area contributed by atoms with Crippen molar-refractivity contribution in [1.29, 1.82) is 0 Å². The number of sulfonamides is 1. The molecule has 1 amide bonds. The lowest BCUT2D eigenvalue weighted by atomic mass is 10.4. The molecule has 1 fully saturated rings. The van der Waals surface area contributed by atoms with Gasteiger partial charge in [0.15, 0.2) is 5.82 Å². The molecular weight excluding hydrogens is 346 g/mol. The monoisotopic (exact) mass is 367 g/mol. The van der Waals surface area contributed by atoms with Gasteiger partial charge in [-0.25, -0.2) is 8.42 Å². The second kappa shape index (κ2) is 6.89. The summed E-state index contributed by atoms with van der Waals surface area (Å²) in [6.45, 7) is 3.35. The minimum atomic E-state index is -3.86. The lowest BCUT2D eigenvalue weighted by Crippen LogP contribution is -2.27. The van der Waals surface area contributed by atoms with Crippen molar-refractivity contribution in [2.75, 3.05) is 24.4 Å². The second-order valence-electron chi connectivity index (χ2n) is 5.97. The Bertz CT molecular complexity index is 864. The summed E-state index contributed by atoms with van der Waals surface area (Å²) in [5.74, 6) is -0.0263. The van der Waals surface area contributed by atoms with Crippen molar-refractivity contribution in [3.05, 3.63) is 29.7 Å². The van der Waals surface area contributed by atoms with Gasteiger partial charge in [0.1, 0.15) is 10.6 Å². The highest BCUT2D eigenvalue weighted by Crippen LogP contribution is 2.19. The fraction of sp³-hybridized carbons (Fsp3) is 0.467. The van der Waals surface area contributed by atoms with E-state index in [0.717, 1.165) is 18.5 Å². The third kappa shape index (κ3) is 3.69. The average molecular weight is 367 g/mol. The Kier molecular flexibility index (Phi) is 4.82. The van der Waals surface area contributed by atoms with Crippen molar-refractivity contribution < 1.29 is 18.3 Å². The van der Waals surface area contributed by atoms with Crippen LogP contribution in [-0.2, 0) is 16.6 Å². The summed E-state index contributed by atoms with van der Waals surface area (Å²) in [6, 6.07) is 2.91. The number of aromatic nitrogens is 3. The third-order valence-electron chi connectivity index (χ3n) is 4.12. The summed E-state index contributed by atoms with van der Waals surface area (Å²) in [4.78, 5) is 16.7. The van der Waals surface area contributed by atoms with Crippen LogP contribution in [0.15, 0.2) is 23.2 Å². The fourth-order valence-corrected chi connectivity index (χ4v) is 3.80. The molecule has 0 saturated carbocycles. The Morgan fingerprint density at radius 3 is 2.76 bits per heavy atom. The SMILES string of the molecule is Cc1cc(NS(=O)(=O)c2c[nH]c(C(=O)N3CCCC3)c2)nn1CCO. The number of aromatic amines is 1. The molecule has 0 aliphatic carbocycles. The molecule has 2 aromatic rings. The summed E-state index contributed by atoms with van der Waals surface area (Å²) < 4.78 is 28.9. The predicted molar refractivity (Wildman–Crippen MR) is 90.8 cm³/mol. The Hall–Kier alpha value is -2.33. The maximum Gasteiger partial charge on any atom is 0.270 e. The van der Waals surface area contributed by atoms with Crippen molar-refractivity contribution in [2.24, 2.45) is 0 Å². The van der Waals surface area contributed by atoms with Crippen LogP contribution in [0.4, 0.5) is 5.82 Å².